The number of hydrogen-bond acceptors (Lipinski definition) is 15. The van der Waals surface area contributed by atoms with Gasteiger partial charge in [-0.05, 0) is 159 Å². The average Bonchev–Trinajstić information content (AvgIpc) is 3.85. The van der Waals surface area contributed by atoms with Gasteiger partial charge in [-0.25, -0.2) is 4.79 Å². The molecule has 12 fully saturated rings. The number of benzene rings is 2. The predicted molar refractivity (Wildman–Crippen MR) is 271 cm³/mol. The molecule has 0 radical (unpaired) electrons. The number of nitrogens with two attached hydrogens (primary N) is 1. The molecular formula is C57H74N4O13. The molecule has 17 nitrogen and oxygen atoms in total. The number of esters is 4. The van der Waals surface area contributed by atoms with Gasteiger partial charge in [-0.15, -0.1) is 0 Å². The predicted octanol–water partition coefficient (Wildman–Crippen LogP) is 7.41. The first-order valence-electron chi connectivity index (χ1n) is 25.5. The summed E-state index contributed by atoms with van der Waals surface area (Å²) in [5, 5.41) is 7.90. The van der Waals surface area contributed by atoms with E-state index in [4.69, 9.17) is 29.5 Å². The van der Waals surface area contributed by atoms with Gasteiger partial charge < -0.3 is 45.0 Å². The van der Waals surface area contributed by atoms with E-state index < -0.39 is 11.7 Å². The lowest BCUT2D eigenvalue weighted by Gasteiger charge is -2.69. The summed E-state index contributed by atoms with van der Waals surface area (Å²) >= 11 is 0. The van der Waals surface area contributed by atoms with Gasteiger partial charge in [0.25, 0.3) is 0 Å². The van der Waals surface area contributed by atoms with E-state index in [0.717, 1.165) is 76.5 Å². The Hall–Kier alpha value is -6.16. The van der Waals surface area contributed by atoms with Crippen LogP contribution in [-0.4, -0.2) is 104 Å². The second-order valence-corrected chi connectivity index (χ2v) is 23.9. The van der Waals surface area contributed by atoms with Crippen LogP contribution in [0, 0.1) is 27.6 Å². The Bertz CT molecular complexity index is 2650. The Morgan fingerprint density at radius 1 is 0.716 bits per heavy atom. The highest BCUT2D eigenvalue weighted by molar-refractivity contribution is 5.90. The van der Waals surface area contributed by atoms with E-state index >= 15 is 0 Å². The van der Waals surface area contributed by atoms with Crippen molar-refractivity contribution < 1.29 is 62.0 Å². The molecule has 0 spiro atoms. The summed E-state index contributed by atoms with van der Waals surface area (Å²) in [5.74, 6) is 0.864. The quantitative estimate of drug-likeness (QED) is 0.108. The van der Waals surface area contributed by atoms with Crippen molar-refractivity contribution in [2.75, 3.05) is 28.4 Å². The molecule has 1 atom stereocenters. The number of para-hydroxylation sites is 1. The summed E-state index contributed by atoms with van der Waals surface area (Å²) in [6.07, 6.45) is 17.3. The van der Waals surface area contributed by atoms with Crippen molar-refractivity contribution in [1.29, 1.82) is 0 Å². The minimum Gasteiger partial charge on any atom is -0.469 e. The zero-order valence-corrected chi connectivity index (χ0v) is 44.4. The molecule has 17 heteroatoms. The number of carbonyl (C=O) groups excluding carboxylic acids is 8. The van der Waals surface area contributed by atoms with Crippen LogP contribution >= 0.6 is 0 Å². The van der Waals surface area contributed by atoms with Gasteiger partial charge >= 0.3 is 36.1 Å². The molecule has 0 aliphatic heterocycles. The number of aromatic amines is 1. The monoisotopic (exact) mass is 1020 g/mol. The largest absolute Gasteiger partial charge is 0.469 e. The number of fused-ring (bicyclic) bond motifs is 2. The average molecular weight is 1020 g/mol. The maximum absolute atomic E-state index is 11.7. The lowest BCUT2D eigenvalue weighted by molar-refractivity contribution is -0.203. The van der Waals surface area contributed by atoms with E-state index in [-0.39, 0.29) is 74.1 Å². The van der Waals surface area contributed by atoms with Crippen LogP contribution in [0.2, 0.25) is 0 Å². The number of amides is 1. The normalized spacial score (nSPS) is 31.5. The highest BCUT2D eigenvalue weighted by atomic mass is 16.6. The van der Waals surface area contributed by atoms with Crippen LogP contribution in [0.4, 0.5) is 4.79 Å². The molecule has 1 heterocycles. The molecule has 74 heavy (non-hydrogen) atoms. The number of allylic oxidation sites excluding steroid dienone is 2. The molecular weight excluding hydrogens is 949 g/mol. The highest BCUT2D eigenvalue weighted by Gasteiger charge is 2.74. The first-order chi connectivity index (χ1) is 34.8. The van der Waals surface area contributed by atoms with Gasteiger partial charge in [0.2, 0.25) is 0 Å². The standard InChI is InChI=1S/C18H22N2O2.C12H19NO4.C12H12O.C7H11NO2.C7H10O2.CO2/c1-12(7-13-8-19-15-6-4-3-5-14(13)15)20-18-9-17(10-18,11-18)16(21)22-2;1-10(2,3)17-9(15)13-12-5-11(6-12,7-12)8(14)16-4;1-9(13)8-11-7-6-10-4-2-3-5-12(10)11;1-10-5(9)6-2-7(8,3-6)4-6;1-9-6(8)7-2-5(3-7)4-7;2-1-3/h3-6,8,12,19-20H,7,9-11H2,1-2H3;5-7H2,1-4H3,(H,13,15);2-5,7H,6,8H2,1H3;2-4,8H2,1H3;5H,2-4H2,1H3;. The number of ether oxygens (including phenoxy) is 5. The fraction of sp³-hybridized carbons (Fsp3) is 0.596. The maximum atomic E-state index is 11.7. The van der Waals surface area contributed by atoms with Crippen molar-refractivity contribution in [1.82, 2.24) is 15.6 Å². The van der Waals surface area contributed by atoms with Crippen LogP contribution in [-0.2, 0) is 70.1 Å². The van der Waals surface area contributed by atoms with Crippen LogP contribution in [0.1, 0.15) is 135 Å². The number of H-pyrrole nitrogens is 1. The third-order valence-corrected chi connectivity index (χ3v) is 16.5. The second kappa shape index (κ2) is 20.9. The number of alkyl carbamates (subject to hydrolysis) is 1. The number of methoxy groups -OCH3 is 4. The third-order valence-electron chi connectivity index (χ3n) is 16.5. The Labute approximate surface area is 433 Å². The van der Waals surface area contributed by atoms with Crippen LogP contribution in [0.3, 0.4) is 0 Å². The van der Waals surface area contributed by atoms with Gasteiger partial charge in [-0.1, -0.05) is 48.5 Å². The fourth-order valence-electron chi connectivity index (χ4n) is 13.5. The van der Waals surface area contributed by atoms with E-state index in [2.05, 4.69) is 80.7 Å². The van der Waals surface area contributed by atoms with E-state index in [1.165, 1.54) is 61.6 Å². The van der Waals surface area contributed by atoms with E-state index in [1.807, 2.05) is 32.9 Å². The summed E-state index contributed by atoms with van der Waals surface area (Å²) in [4.78, 5) is 87.3. The van der Waals surface area contributed by atoms with Crippen molar-refractivity contribution in [3.05, 3.63) is 77.5 Å². The molecule has 1 amide bonds. The summed E-state index contributed by atoms with van der Waals surface area (Å²) in [5.41, 5.74) is 10.9. The van der Waals surface area contributed by atoms with Gasteiger partial charge in [0.05, 0.1) is 50.1 Å². The number of aromatic nitrogens is 1. The zero-order valence-electron chi connectivity index (χ0n) is 44.4. The molecule has 1 unspecified atom stereocenters. The highest BCUT2D eigenvalue weighted by Crippen LogP contribution is 2.69. The SMILES string of the molecule is CC(=O)CC1=CCc2ccccc21.COC(=O)C12CC(C1)C2.COC(=O)C12CC(N)(C1)C2.COC(=O)C12CC(NC(=O)OC(C)(C)C)(C1)C2.COC(=O)C12CC(NC(C)Cc3c[nH]c4ccccc34)(C1)C2.O=C=O. The van der Waals surface area contributed by atoms with E-state index in [0.29, 0.717) is 31.7 Å². The molecule has 0 saturated heterocycles. The van der Waals surface area contributed by atoms with Crippen LogP contribution in [0.15, 0.2) is 60.8 Å². The number of nitrogens with one attached hydrogen (secondary N) is 3. The lowest BCUT2D eigenvalue weighted by atomic mass is 9.39. The Morgan fingerprint density at radius 2 is 1.19 bits per heavy atom. The first-order valence-corrected chi connectivity index (χ1v) is 25.5. The second-order valence-electron chi connectivity index (χ2n) is 23.9. The number of Topliss-reactive ketones (excluding diaryl/α,β-unsaturated/α-hetero) is 1. The third kappa shape index (κ3) is 11.1. The van der Waals surface area contributed by atoms with Crippen LogP contribution in [0.5, 0.6) is 0 Å². The molecule has 12 saturated carbocycles. The van der Waals surface area contributed by atoms with Crippen LogP contribution in [0.25, 0.3) is 16.5 Å². The van der Waals surface area contributed by atoms with E-state index in [9.17, 15) is 28.8 Å². The first kappa shape index (κ1) is 55.6. The van der Waals surface area contributed by atoms with Crippen molar-refractivity contribution in [2.45, 2.75) is 159 Å². The summed E-state index contributed by atoms with van der Waals surface area (Å²) < 4.78 is 24.1. The summed E-state index contributed by atoms with van der Waals surface area (Å²) in [6, 6.07) is 17.1. The van der Waals surface area contributed by atoms with Gasteiger partial charge in [0, 0.05) is 46.2 Å². The van der Waals surface area contributed by atoms with Gasteiger partial charge in [0.15, 0.2) is 0 Å². The molecule has 400 valence electrons. The number of hydrogen-bond donors (Lipinski definition) is 4. The maximum Gasteiger partial charge on any atom is 0.408 e. The fourth-order valence-corrected chi connectivity index (χ4v) is 13.5. The number of rotatable bonds is 11. The van der Waals surface area contributed by atoms with Crippen molar-refractivity contribution in [3.8, 4) is 0 Å². The Morgan fingerprint density at radius 3 is 1.65 bits per heavy atom. The lowest BCUT2D eigenvalue weighted by Crippen LogP contribution is -2.77. The Kier molecular flexibility index (Phi) is 15.7. The summed E-state index contributed by atoms with van der Waals surface area (Å²) in [7, 11) is 5.80. The molecule has 16 rings (SSSR count). The molecule has 5 N–H and O–H groups in total. The summed E-state index contributed by atoms with van der Waals surface area (Å²) in [6.45, 7) is 9.34. The minimum absolute atomic E-state index is 0.00812. The molecule has 13 aliphatic carbocycles. The van der Waals surface area contributed by atoms with Gasteiger partial charge in [0.1, 0.15) is 11.4 Å². The molecule has 3 aromatic rings. The molecule has 13 aliphatic rings. The van der Waals surface area contributed by atoms with Crippen molar-refractivity contribution in [2.24, 2.45) is 33.3 Å². The van der Waals surface area contributed by atoms with Gasteiger partial charge in [-0.3, -0.25) is 24.0 Å². The van der Waals surface area contributed by atoms with Crippen molar-refractivity contribution in [3.63, 3.8) is 0 Å². The minimum atomic E-state index is -0.492. The van der Waals surface area contributed by atoms with Crippen LogP contribution < -0.4 is 16.4 Å². The van der Waals surface area contributed by atoms with Gasteiger partial charge in [-0.2, -0.15) is 9.59 Å². The zero-order chi connectivity index (χ0) is 54.1. The van der Waals surface area contributed by atoms with E-state index in [1.54, 1.807) is 6.92 Å². The number of carbonyl (C=O) groups is 6. The molecule has 2 aromatic carbocycles. The topological polar surface area (TPSA) is 249 Å². The Balaban J connectivity index is 0.000000138. The number of ketones is 1. The molecule has 8 bridgehead atoms. The molecule has 1 aromatic heterocycles. The smallest absolute Gasteiger partial charge is 0.408 e. The van der Waals surface area contributed by atoms with Crippen molar-refractivity contribution >= 4 is 58.4 Å².